The van der Waals surface area contributed by atoms with Gasteiger partial charge < -0.3 is 15.0 Å². The van der Waals surface area contributed by atoms with Gasteiger partial charge in [0.1, 0.15) is 5.65 Å². The van der Waals surface area contributed by atoms with Gasteiger partial charge in [-0.05, 0) is 49.5 Å². The molecule has 1 fully saturated rings. The number of ether oxygens (including phenoxy) is 1. The molecule has 0 bridgehead atoms. The SMILES string of the molecule is CCOC(=O)O/N=C(\C=C1/CC(c2ccccc2)CCC1[N+](=O)[O-])C(=O)Nc1ccnc2[nH]ccc12. The van der Waals surface area contributed by atoms with Gasteiger partial charge in [-0.25, -0.2) is 9.78 Å². The van der Waals surface area contributed by atoms with Crippen molar-refractivity contribution >= 4 is 34.5 Å². The number of aromatic nitrogens is 2. The van der Waals surface area contributed by atoms with Crippen molar-refractivity contribution in [1.82, 2.24) is 9.97 Å². The first-order valence-corrected chi connectivity index (χ1v) is 11.5. The quantitative estimate of drug-likeness (QED) is 0.162. The Kier molecular flexibility index (Phi) is 7.69. The summed E-state index contributed by atoms with van der Waals surface area (Å²) in [5, 5.41) is 18.9. The Morgan fingerprint density at radius 1 is 1.25 bits per heavy atom. The van der Waals surface area contributed by atoms with E-state index in [2.05, 4.69) is 20.4 Å². The number of fused-ring (bicyclic) bond motifs is 1. The molecule has 0 aliphatic heterocycles. The Hall–Kier alpha value is -4.54. The van der Waals surface area contributed by atoms with Crippen molar-refractivity contribution in [3.63, 3.8) is 0 Å². The highest BCUT2D eigenvalue weighted by atomic mass is 16.8. The second kappa shape index (κ2) is 11.3. The Labute approximate surface area is 206 Å². The molecule has 3 aromatic rings. The molecule has 2 atom stereocenters. The molecule has 186 valence electrons. The minimum Gasteiger partial charge on any atom is -0.433 e. The number of rotatable bonds is 7. The molecule has 2 unspecified atom stereocenters. The summed E-state index contributed by atoms with van der Waals surface area (Å²) in [7, 11) is 0. The highest BCUT2D eigenvalue weighted by Crippen LogP contribution is 2.37. The standard InChI is InChI=1S/C25H25N5O6/c1-2-35-25(32)36-29-21(24(31)28-20-11-13-27-23-19(20)10-12-26-23)15-18-14-17(8-9-22(18)30(33)34)16-6-4-3-5-7-16/h3-7,10-13,15,17,22H,2,8-9,14H2,1H3,(H2,26,27,28,31)/b18-15+,29-21+. The number of carbonyl (C=O) groups is 2. The van der Waals surface area contributed by atoms with E-state index in [1.165, 1.54) is 12.3 Å². The fourth-order valence-corrected chi connectivity index (χ4v) is 4.27. The van der Waals surface area contributed by atoms with Crippen LogP contribution < -0.4 is 5.32 Å². The lowest BCUT2D eigenvalue weighted by Gasteiger charge is -2.27. The zero-order chi connectivity index (χ0) is 25.5. The molecule has 11 heteroatoms. The van der Waals surface area contributed by atoms with Crippen molar-refractivity contribution in [2.45, 2.75) is 38.1 Å². The number of nitrogens with one attached hydrogen (secondary N) is 2. The van der Waals surface area contributed by atoms with Gasteiger partial charge in [-0.2, -0.15) is 0 Å². The number of hydrogen-bond donors (Lipinski definition) is 2. The van der Waals surface area contributed by atoms with Crippen molar-refractivity contribution < 1.29 is 24.1 Å². The normalized spacial score (nSPS) is 19.1. The first kappa shape index (κ1) is 24.6. The van der Waals surface area contributed by atoms with E-state index < -0.39 is 18.1 Å². The van der Waals surface area contributed by atoms with Crippen LogP contribution in [0.4, 0.5) is 10.5 Å². The third kappa shape index (κ3) is 5.74. The van der Waals surface area contributed by atoms with Crippen LogP contribution in [0.3, 0.4) is 0 Å². The maximum atomic E-state index is 13.2. The average molecular weight is 492 g/mol. The fourth-order valence-electron chi connectivity index (χ4n) is 4.27. The summed E-state index contributed by atoms with van der Waals surface area (Å²) < 4.78 is 4.72. The summed E-state index contributed by atoms with van der Waals surface area (Å²) in [5.74, 6) is -0.659. The van der Waals surface area contributed by atoms with Crippen molar-refractivity contribution in [3.8, 4) is 0 Å². The van der Waals surface area contributed by atoms with E-state index in [-0.39, 0.29) is 23.2 Å². The summed E-state index contributed by atoms with van der Waals surface area (Å²) in [6.07, 6.45) is 4.75. The van der Waals surface area contributed by atoms with Crippen LogP contribution in [0.15, 0.2) is 71.7 Å². The van der Waals surface area contributed by atoms with Gasteiger partial charge in [0.25, 0.3) is 5.91 Å². The molecule has 0 spiro atoms. The van der Waals surface area contributed by atoms with E-state index in [0.29, 0.717) is 41.6 Å². The molecule has 36 heavy (non-hydrogen) atoms. The molecule has 4 rings (SSSR count). The van der Waals surface area contributed by atoms with Gasteiger partial charge in [0.2, 0.25) is 6.04 Å². The summed E-state index contributed by atoms with van der Waals surface area (Å²) in [6.45, 7) is 1.65. The molecule has 1 saturated carbocycles. The van der Waals surface area contributed by atoms with Gasteiger partial charge in [0, 0.05) is 34.7 Å². The molecular formula is C25H25N5O6. The number of aromatic amines is 1. The Morgan fingerprint density at radius 2 is 2.06 bits per heavy atom. The minimum absolute atomic E-state index is 0.0450. The van der Waals surface area contributed by atoms with Crippen LogP contribution in [0.5, 0.6) is 0 Å². The molecular weight excluding hydrogens is 466 g/mol. The predicted molar refractivity (Wildman–Crippen MR) is 132 cm³/mol. The average Bonchev–Trinajstić information content (AvgIpc) is 3.37. The minimum atomic E-state index is -1.09. The van der Waals surface area contributed by atoms with E-state index in [0.717, 1.165) is 5.56 Å². The molecule has 1 aliphatic rings. The van der Waals surface area contributed by atoms with E-state index in [4.69, 9.17) is 9.57 Å². The molecule has 2 heterocycles. The van der Waals surface area contributed by atoms with Crippen LogP contribution in [-0.4, -0.2) is 45.3 Å². The number of pyridine rings is 1. The summed E-state index contributed by atoms with van der Waals surface area (Å²) in [6, 6.07) is 12.1. The predicted octanol–water partition coefficient (Wildman–Crippen LogP) is 4.57. The Balaban J connectivity index is 1.67. The van der Waals surface area contributed by atoms with Gasteiger partial charge in [0.15, 0.2) is 5.71 Å². The molecule has 0 radical (unpaired) electrons. The van der Waals surface area contributed by atoms with Gasteiger partial charge in [-0.1, -0.05) is 35.5 Å². The van der Waals surface area contributed by atoms with Crippen LogP contribution in [0.1, 0.15) is 37.7 Å². The molecule has 1 amide bonds. The molecule has 11 nitrogen and oxygen atoms in total. The second-order valence-electron chi connectivity index (χ2n) is 8.21. The van der Waals surface area contributed by atoms with Crippen molar-refractivity contribution in [3.05, 3.63) is 82.2 Å². The Bertz CT molecular complexity index is 1320. The summed E-state index contributed by atoms with van der Waals surface area (Å²) >= 11 is 0. The third-order valence-corrected chi connectivity index (χ3v) is 5.97. The van der Waals surface area contributed by atoms with Crippen LogP contribution >= 0.6 is 0 Å². The number of H-pyrrole nitrogens is 1. The van der Waals surface area contributed by atoms with Gasteiger partial charge >= 0.3 is 6.16 Å². The molecule has 2 N–H and O–H groups in total. The van der Waals surface area contributed by atoms with Gasteiger partial charge in [0.05, 0.1) is 12.3 Å². The fraction of sp³-hybridized carbons (Fsp3) is 0.280. The van der Waals surface area contributed by atoms with E-state index in [9.17, 15) is 19.7 Å². The van der Waals surface area contributed by atoms with Crippen molar-refractivity contribution in [2.75, 3.05) is 11.9 Å². The summed E-state index contributed by atoms with van der Waals surface area (Å²) in [5.41, 5.74) is 2.20. The number of oxime groups is 1. The van der Waals surface area contributed by atoms with E-state index in [1.54, 1.807) is 25.3 Å². The lowest BCUT2D eigenvalue weighted by Crippen LogP contribution is -2.30. The number of carbonyl (C=O) groups excluding carboxylic acids is 2. The van der Waals surface area contributed by atoms with Crippen LogP contribution in [0.25, 0.3) is 11.0 Å². The zero-order valence-corrected chi connectivity index (χ0v) is 19.5. The molecule has 1 aliphatic carbocycles. The second-order valence-corrected chi connectivity index (χ2v) is 8.21. The lowest BCUT2D eigenvalue weighted by molar-refractivity contribution is -0.514. The van der Waals surface area contributed by atoms with E-state index >= 15 is 0 Å². The maximum absolute atomic E-state index is 13.2. The maximum Gasteiger partial charge on any atom is 0.535 e. The van der Waals surface area contributed by atoms with Crippen LogP contribution in [-0.2, 0) is 14.4 Å². The van der Waals surface area contributed by atoms with E-state index in [1.807, 2.05) is 30.3 Å². The molecule has 1 aromatic carbocycles. The topological polar surface area (TPSA) is 149 Å². The smallest absolute Gasteiger partial charge is 0.433 e. The number of nitro groups is 1. The zero-order valence-electron chi connectivity index (χ0n) is 19.5. The number of amides is 1. The van der Waals surface area contributed by atoms with Crippen LogP contribution in [0.2, 0.25) is 0 Å². The van der Waals surface area contributed by atoms with Gasteiger partial charge in [-0.3, -0.25) is 19.7 Å². The third-order valence-electron chi connectivity index (χ3n) is 5.97. The number of nitrogens with zero attached hydrogens (tertiary/aromatic N) is 3. The first-order valence-electron chi connectivity index (χ1n) is 11.5. The largest absolute Gasteiger partial charge is 0.535 e. The number of anilines is 1. The van der Waals surface area contributed by atoms with Gasteiger partial charge in [-0.15, -0.1) is 0 Å². The van der Waals surface area contributed by atoms with Crippen molar-refractivity contribution in [1.29, 1.82) is 0 Å². The van der Waals surface area contributed by atoms with Crippen LogP contribution in [0, 0.1) is 10.1 Å². The highest BCUT2D eigenvalue weighted by Gasteiger charge is 2.34. The monoisotopic (exact) mass is 491 g/mol. The molecule has 0 saturated heterocycles. The Morgan fingerprint density at radius 3 is 2.81 bits per heavy atom. The van der Waals surface area contributed by atoms with Crippen molar-refractivity contribution in [2.24, 2.45) is 5.16 Å². The lowest BCUT2D eigenvalue weighted by atomic mass is 9.78. The number of hydrogen-bond acceptors (Lipinski definition) is 8. The summed E-state index contributed by atoms with van der Waals surface area (Å²) in [4.78, 5) is 48.3. The molecule has 2 aromatic heterocycles. The first-order chi connectivity index (χ1) is 17.5. The number of benzene rings is 1. The highest BCUT2D eigenvalue weighted by molar-refractivity contribution is 6.47.